The molecule has 1 N–H and O–H groups in total. The van der Waals surface area contributed by atoms with Crippen LogP contribution in [-0.2, 0) is 15.8 Å². The fourth-order valence-corrected chi connectivity index (χ4v) is 1.94. The second-order valence-electron chi connectivity index (χ2n) is 5.67. The highest BCUT2D eigenvalue weighted by Gasteiger charge is 2.31. The molecule has 1 aromatic carbocycles. The third-order valence-corrected chi connectivity index (χ3v) is 3.14. The zero-order valence-corrected chi connectivity index (χ0v) is 13.4. The van der Waals surface area contributed by atoms with Gasteiger partial charge in [0.25, 0.3) is 0 Å². The average Bonchev–Trinajstić information content (AvgIpc) is 2.44. The van der Waals surface area contributed by atoms with Gasteiger partial charge in [0.15, 0.2) is 0 Å². The van der Waals surface area contributed by atoms with E-state index >= 15 is 0 Å². The second kappa shape index (κ2) is 7.99. The first-order valence-electron chi connectivity index (χ1n) is 7.33. The Morgan fingerprint density at radius 3 is 2.43 bits per heavy atom. The highest BCUT2D eigenvalue weighted by atomic mass is 19.4. The first-order valence-corrected chi connectivity index (χ1v) is 7.33. The predicted molar refractivity (Wildman–Crippen MR) is 81.9 cm³/mol. The molecule has 7 heteroatoms. The van der Waals surface area contributed by atoms with E-state index in [-0.39, 0.29) is 24.6 Å². The van der Waals surface area contributed by atoms with E-state index in [0.29, 0.717) is 12.5 Å². The van der Waals surface area contributed by atoms with Crippen LogP contribution >= 0.6 is 0 Å². The standard InChI is InChI=1S/C16H21F3N2O2/c1-11(2)10-20-15(23)7-8-21(12(3)22)14-6-4-5-13(9-14)16(17,18)19/h4-6,9,11H,7-8,10H2,1-3H3,(H,20,23). The molecule has 0 atom stereocenters. The van der Waals surface area contributed by atoms with Crippen molar-refractivity contribution in [3.8, 4) is 0 Å². The fourth-order valence-electron chi connectivity index (χ4n) is 1.94. The number of amides is 2. The number of carbonyl (C=O) groups excluding carboxylic acids is 2. The monoisotopic (exact) mass is 330 g/mol. The first kappa shape index (κ1) is 19.0. The molecular weight excluding hydrogens is 309 g/mol. The average molecular weight is 330 g/mol. The molecule has 0 aliphatic heterocycles. The zero-order chi connectivity index (χ0) is 17.6. The Balaban J connectivity index is 2.80. The minimum Gasteiger partial charge on any atom is -0.356 e. The Morgan fingerprint density at radius 1 is 1.26 bits per heavy atom. The lowest BCUT2D eigenvalue weighted by molar-refractivity contribution is -0.137. The largest absolute Gasteiger partial charge is 0.416 e. The van der Waals surface area contributed by atoms with E-state index in [9.17, 15) is 22.8 Å². The molecule has 0 aliphatic rings. The summed E-state index contributed by atoms with van der Waals surface area (Å²) in [6, 6.07) is 4.51. The number of hydrogen-bond donors (Lipinski definition) is 1. The van der Waals surface area contributed by atoms with E-state index < -0.39 is 17.6 Å². The third kappa shape index (κ3) is 6.30. The van der Waals surface area contributed by atoms with Crippen molar-refractivity contribution in [1.29, 1.82) is 0 Å². The van der Waals surface area contributed by atoms with Gasteiger partial charge in [-0.15, -0.1) is 0 Å². The number of carbonyl (C=O) groups is 2. The molecule has 0 spiro atoms. The van der Waals surface area contributed by atoms with Gasteiger partial charge in [-0.3, -0.25) is 9.59 Å². The summed E-state index contributed by atoms with van der Waals surface area (Å²) in [4.78, 5) is 24.6. The van der Waals surface area contributed by atoms with Crippen molar-refractivity contribution < 1.29 is 22.8 Å². The molecule has 2 amide bonds. The van der Waals surface area contributed by atoms with Gasteiger partial charge in [-0.05, 0) is 24.1 Å². The van der Waals surface area contributed by atoms with Crippen molar-refractivity contribution in [3.05, 3.63) is 29.8 Å². The SMILES string of the molecule is CC(=O)N(CCC(=O)NCC(C)C)c1cccc(C(F)(F)F)c1. The van der Waals surface area contributed by atoms with Gasteiger partial charge >= 0.3 is 6.18 Å². The molecule has 1 aromatic rings. The number of rotatable bonds is 6. The molecule has 0 heterocycles. The smallest absolute Gasteiger partial charge is 0.356 e. The van der Waals surface area contributed by atoms with Gasteiger partial charge in [-0.1, -0.05) is 19.9 Å². The van der Waals surface area contributed by atoms with Crippen molar-refractivity contribution in [2.45, 2.75) is 33.4 Å². The van der Waals surface area contributed by atoms with Crippen LogP contribution < -0.4 is 10.2 Å². The highest BCUT2D eigenvalue weighted by Crippen LogP contribution is 2.31. The number of anilines is 1. The van der Waals surface area contributed by atoms with Crippen LogP contribution in [0.25, 0.3) is 0 Å². The molecular formula is C16H21F3N2O2. The predicted octanol–water partition coefficient (Wildman–Crippen LogP) is 3.22. The van der Waals surface area contributed by atoms with Gasteiger partial charge in [-0.25, -0.2) is 0 Å². The molecule has 1 rings (SSSR count). The summed E-state index contributed by atoms with van der Waals surface area (Å²) >= 11 is 0. The Kier molecular flexibility index (Phi) is 6.60. The number of nitrogens with one attached hydrogen (secondary N) is 1. The van der Waals surface area contributed by atoms with E-state index in [1.54, 1.807) is 0 Å². The summed E-state index contributed by atoms with van der Waals surface area (Å²) in [5.41, 5.74) is -0.700. The minimum atomic E-state index is -4.48. The zero-order valence-electron chi connectivity index (χ0n) is 13.4. The molecule has 0 unspecified atom stereocenters. The molecule has 0 aromatic heterocycles. The quantitative estimate of drug-likeness (QED) is 0.871. The molecule has 0 aliphatic carbocycles. The topological polar surface area (TPSA) is 49.4 Å². The number of nitrogens with zero attached hydrogens (tertiary/aromatic N) is 1. The molecule has 0 radical (unpaired) electrons. The van der Waals surface area contributed by atoms with Crippen LogP contribution in [0.15, 0.2) is 24.3 Å². The first-order chi connectivity index (χ1) is 10.6. The summed E-state index contributed by atoms with van der Waals surface area (Å²) in [7, 11) is 0. The van der Waals surface area contributed by atoms with Gasteiger partial charge in [-0.2, -0.15) is 13.2 Å². The van der Waals surface area contributed by atoms with Gasteiger partial charge in [0.2, 0.25) is 11.8 Å². The van der Waals surface area contributed by atoms with Crippen molar-refractivity contribution in [2.75, 3.05) is 18.0 Å². The van der Waals surface area contributed by atoms with Crippen molar-refractivity contribution in [3.63, 3.8) is 0 Å². The Labute approximate surface area is 133 Å². The molecule has 4 nitrogen and oxygen atoms in total. The van der Waals surface area contributed by atoms with Crippen LogP contribution in [0.5, 0.6) is 0 Å². The Bertz CT molecular complexity index is 557. The van der Waals surface area contributed by atoms with E-state index in [1.807, 2.05) is 13.8 Å². The van der Waals surface area contributed by atoms with Gasteiger partial charge in [0, 0.05) is 32.1 Å². The number of hydrogen-bond acceptors (Lipinski definition) is 2. The number of benzene rings is 1. The molecule has 0 saturated carbocycles. The van der Waals surface area contributed by atoms with Crippen LogP contribution in [0.3, 0.4) is 0 Å². The summed E-state index contributed by atoms with van der Waals surface area (Å²) in [5.74, 6) is -0.357. The van der Waals surface area contributed by atoms with Crippen molar-refractivity contribution in [2.24, 2.45) is 5.92 Å². The maximum atomic E-state index is 12.8. The summed E-state index contributed by atoms with van der Waals surface area (Å²) in [5, 5.41) is 2.71. The number of alkyl halides is 3. The van der Waals surface area contributed by atoms with Gasteiger partial charge < -0.3 is 10.2 Å². The van der Waals surface area contributed by atoms with Gasteiger partial charge in [0.05, 0.1) is 5.56 Å². The summed E-state index contributed by atoms with van der Waals surface area (Å²) in [6.07, 6.45) is -4.45. The van der Waals surface area contributed by atoms with Gasteiger partial charge in [0.1, 0.15) is 0 Å². The summed E-state index contributed by atoms with van der Waals surface area (Å²) < 4.78 is 38.3. The van der Waals surface area contributed by atoms with Crippen molar-refractivity contribution in [1.82, 2.24) is 5.32 Å². The second-order valence-corrected chi connectivity index (χ2v) is 5.67. The molecule has 23 heavy (non-hydrogen) atoms. The summed E-state index contributed by atoms with van der Waals surface area (Å²) in [6.45, 7) is 5.70. The van der Waals surface area contributed by atoms with E-state index in [0.717, 1.165) is 12.1 Å². The van der Waals surface area contributed by atoms with E-state index in [4.69, 9.17) is 0 Å². The van der Waals surface area contributed by atoms with Crippen molar-refractivity contribution >= 4 is 17.5 Å². The lowest BCUT2D eigenvalue weighted by atomic mass is 10.1. The van der Waals surface area contributed by atoms with E-state index in [2.05, 4.69) is 5.32 Å². The van der Waals surface area contributed by atoms with Crippen LogP contribution in [-0.4, -0.2) is 24.9 Å². The van der Waals surface area contributed by atoms with Crippen LogP contribution in [0.2, 0.25) is 0 Å². The molecule has 0 saturated heterocycles. The Hall–Kier alpha value is -2.05. The third-order valence-electron chi connectivity index (χ3n) is 3.14. The van der Waals surface area contributed by atoms with Crippen LogP contribution in [0, 0.1) is 5.92 Å². The number of halogens is 3. The molecule has 0 bridgehead atoms. The Morgan fingerprint density at radius 2 is 1.91 bits per heavy atom. The maximum absolute atomic E-state index is 12.8. The minimum absolute atomic E-state index is 0.0283. The lowest BCUT2D eigenvalue weighted by Gasteiger charge is -2.22. The molecule has 0 fully saturated rings. The normalized spacial score (nSPS) is 11.4. The van der Waals surface area contributed by atoms with E-state index in [1.165, 1.54) is 24.0 Å². The highest BCUT2D eigenvalue weighted by molar-refractivity contribution is 5.92. The van der Waals surface area contributed by atoms with Crippen LogP contribution in [0.4, 0.5) is 18.9 Å². The maximum Gasteiger partial charge on any atom is 0.416 e. The van der Waals surface area contributed by atoms with Crippen LogP contribution in [0.1, 0.15) is 32.8 Å². The lowest BCUT2D eigenvalue weighted by Crippen LogP contribution is -2.35. The molecule has 128 valence electrons. The fraction of sp³-hybridized carbons (Fsp3) is 0.500.